The monoisotopic (exact) mass is 248 g/mol. The van der Waals surface area contributed by atoms with Crippen LogP contribution in [-0.2, 0) is 11.2 Å². The molecular weight excluding hydrogens is 224 g/mol. The molecule has 0 saturated carbocycles. The van der Waals surface area contributed by atoms with Gasteiger partial charge in [0.15, 0.2) is 0 Å². The SMILES string of the molecule is CCc1cccc(C)c1NC(=O)CC(N)C(C)C. The van der Waals surface area contributed by atoms with Crippen LogP contribution < -0.4 is 11.1 Å². The summed E-state index contributed by atoms with van der Waals surface area (Å²) in [6.07, 6.45) is 1.28. The summed E-state index contributed by atoms with van der Waals surface area (Å²) in [4.78, 5) is 12.0. The van der Waals surface area contributed by atoms with E-state index in [-0.39, 0.29) is 11.9 Å². The van der Waals surface area contributed by atoms with E-state index in [4.69, 9.17) is 5.73 Å². The van der Waals surface area contributed by atoms with Crippen LogP contribution in [0.3, 0.4) is 0 Å². The lowest BCUT2D eigenvalue weighted by Gasteiger charge is -2.17. The van der Waals surface area contributed by atoms with Gasteiger partial charge in [0.2, 0.25) is 5.91 Å². The molecule has 1 amide bonds. The van der Waals surface area contributed by atoms with Gasteiger partial charge in [-0.15, -0.1) is 0 Å². The Bertz CT molecular complexity index is 413. The molecule has 0 aromatic heterocycles. The first kappa shape index (κ1) is 14.7. The maximum Gasteiger partial charge on any atom is 0.225 e. The van der Waals surface area contributed by atoms with Crippen LogP contribution in [0.4, 0.5) is 5.69 Å². The van der Waals surface area contributed by atoms with Crippen LogP contribution in [0.5, 0.6) is 0 Å². The van der Waals surface area contributed by atoms with Crippen molar-refractivity contribution in [3.63, 3.8) is 0 Å². The van der Waals surface area contributed by atoms with E-state index in [1.54, 1.807) is 0 Å². The summed E-state index contributed by atoms with van der Waals surface area (Å²) in [5.74, 6) is 0.318. The minimum atomic E-state index is -0.0842. The van der Waals surface area contributed by atoms with Gasteiger partial charge >= 0.3 is 0 Å². The van der Waals surface area contributed by atoms with Crippen molar-refractivity contribution >= 4 is 11.6 Å². The number of nitrogens with one attached hydrogen (secondary N) is 1. The topological polar surface area (TPSA) is 55.1 Å². The molecule has 1 rings (SSSR count). The molecule has 1 unspecified atom stereocenters. The number of anilines is 1. The van der Waals surface area contributed by atoms with Gasteiger partial charge < -0.3 is 11.1 Å². The van der Waals surface area contributed by atoms with Crippen molar-refractivity contribution in [2.24, 2.45) is 11.7 Å². The number of hydrogen-bond acceptors (Lipinski definition) is 2. The Kier molecular flexibility index (Phi) is 5.35. The van der Waals surface area contributed by atoms with Crippen LogP contribution in [0.1, 0.15) is 38.3 Å². The number of aryl methyl sites for hydroxylation is 2. The Morgan fingerprint density at radius 2 is 2.06 bits per heavy atom. The largest absolute Gasteiger partial charge is 0.327 e. The fraction of sp³-hybridized carbons (Fsp3) is 0.533. The Labute approximate surface area is 110 Å². The molecule has 3 N–H and O–H groups in total. The zero-order chi connectivity index (χ0) is 13.7. The molecule has 0 saturated heterocycles. The van der Waals surface area contributed by atoms with Crippen molar-refractivity contribution in [2.45, 2.75) is 46.6 Å². The molecule has 0 aliphatic rings. The fourth-order valence-electron chi connectivity index (χ4n) is 1.84. The molecule has 0 bridgehead atoms. The van der Waals surface area contributed by atoms with Crippen LogP contribution in [-0.4, -0.2) is 11.9 Å². The lowest BCUT2D eigenvalue weighted by atomic mass is 10.0. The van der Waals surface area contributed by atoms with Gasteiger partial charge in [0.25, 0.3) is 0 Å². The zero-order valence-electron chi connectivity index (χ0n) is 11.8. The van der Waals surface area contributed by atoms with Crippen molar-refractivity contribution in [3.8, 4) is 0 Å². The second-order valence-electron chi connectivity index (χ2n) is 5.12. The van der Waals surface area contributed by atoms with Crippen molar-refractivity contribution in [1.29, 1.82) is 0 Å². The standard InChI is InChI=1S/C15H24N2O/c1-5-12-8-6-7-11(4)15(12)17-14(18)9-13(16)10(2)3/h6-8,10,13H,5,9,16H2,1-4H3,(H,17,18). The molecular formula is C15H24N2O. The normalized spacial score (nSPS) is 12.6. The molecule has 0 aliphatic heterocycles. The third-order valence-corrected chi connectivity index (χ3v) is 3.28. The molecule has 0 radical (unpaired) electrons. The smallest absolute Gasteiger partial charge is 0.225 e. The highest BCUT2D eigenvalue weighted by Gasteiger charge is 2.14. The quantitative estimate of drug-likeness (QED) is 0.842. The minimum absolute atomic E-state index is 0.000185. The molecule has 0 fully saturated rings. The summed E-state index contributed by atoms with van der Waals surface area (Å²) in [7, 11) is 0. The molecule has 0 heterocycles. The van der Waals surface area contributed by atoms with E-state index in [9.17, 15) is 4.79 Å². The average molecular weight is 248 g/mol. The van der Waals surface area contributed by atoms with E-state index in [0.29, 0.717) is 12.3 Å². The van der Waals surface area contributed by atoms with Gasteiger partial charge in [-0.3, -0.25) is 4.79 Å². The van der Waals surface area contributed by atoms with Crippen LogP contribution in [0.2, 0.25) is 0 Å². The Balaban J connectivity index is 2.76. The number of nitrogens with two attached hydrogens (primary N) is 1. The number of carbonyl (C=O) groups excluding carboxylic acids is 1. The van der Waals surface area contributed by atoms with Gasteiger partial charge in [0, 0.05) is 18.2 Å². The fourth-order valence-corrected chi connectivity index (χ4v) is 1.84. The second kappa shape index (κ2) is 6.55. The predicted molar refractivity (Wildman–Crippen MR) is 76.6 cm³/mol. The van der Waals surface area contributed by atoms with Gasteiger partial charge in [-0.1, -0.05) is 39.0 Å². The first-order valence-corrected chi connectivity index (χ1v) is 6.59. The first-order valence-electron chi connectivity index (χ1n) is 6.59. The number of amides is 1. The van der Waals surface area contributed by atoms with E-state index in [1.165, 1.54) is 5.56 Å². The van der Waals surface area contributed by atoms with Gasteiger partial charge in [-0.2, -0.15) is 0 Å². The van der Waals surface area contributed by atoms with Crippen molar-refractivity contribution in [2.75, 3.05) is 5.32 Å². The average Bonchev–Trinajstić information content (AvgIpc) is 2.31. The molecule has 0 aliphatic carbocycles. The molecule has 3 nitrogen and oxygen atoms in total. The van der Waals surface area contributed by atoms with Crippen LogP contribution in [0.25, 0.3) is 0 Å². The molecule has 100 valence electrons. The highest BCUT2D eigenvalue weighted by Crippen LogP contribution is 2.21. The maximum atomic E-state index is 12.0. The highest BCUT2D eigenvalue weighted by atomic mass is 16.1. The van der Waals surface area contributed by atoms with Gasteiger partial charge in [-0.05, 0) is 30.4 Å². The minimum Gasteiger partial charge on any atom is -0.327 e. The summed E-state index contributed by atoms with van der Waals surface area (Å²) < 4.78 is 0. The van der Waals surface area contributed by atoms with E-state index < -0.39 is 0 Å². The molecule has 3 heteroatoms. The number of carbonyl (C=O) groups is 1. The summed E-state index contributed by atoms with van der Waals surface area (Å²) in [5.41, 5.74) is 9.13. The Hall–Kier alpha value is -1.35. The lowest BCUT2D eigenvalue weighted by molar-refractivity contribution is -0.116. The summed E-state index contributed by atoms with van der Waals surface area (Å²) in [6.45, 7) is 8.16. The summed E-state index contributed by atoms with van der Waals surface area (Å²) in [5, 5.41) is 3.00. The Morgan fingerprint density at radius 3 is 2.61 bits per heavy atom. The molecule has 18 heavy (non-hydrogen) atoms. The van der Waals surface area contributed by atoms with Crippen LogP contribution in [0, 0.1) is 12.8 Å². The van der Waals surface area contributed by atoms with Crippen molar-refractivity contribution in [1.82, 2.24) is 0 Å². The van der Waals surface area contributed by atoms with Gasteiger partial charge in [0.1, 0.15) is 0 Å². The van der Waals surface area contributed by atoms with Crippen molar-refractivity contribution in [3.05, 3.63) is 29.3 Å². The zero-order valence-corrected chi connectivity index (χ0v) is 11.8. The van der Waals surface area contributed by atoms with Gasteiger partial charge in [-0.25, -0.2) is 0 Å². The number of rotatable bonds is 5. The first-order chi connectivity index (χ1) is 8.45. The second-order valence-corrected chi connectivity index (χ2v) is 5.12. The highest BCUT2D eigenvalue weighted by molar-refractivity contribution is 5.92. The van der Waals surface area contributed by atoms with E-state index in [0.717, 1.165) is 17.7 Å². The molecule has 1 aromatic rings. The number of para-hydroxylation sites is 1. The molecule has 1 aromatic carbocycles. The Morgan fingerprint density at radius 1 is 1.39 bits per heavy atom. The van der Waals surface area contributed by atoms with Crippen LogP contribution in [0.15, 0.2) is 18.2 Å². The summed E-state index contributed by atoms with van der Waals surface area (Å²) >= 11 is 0. The number of hydrogen-bond donors (Lipinski definition) is 2. The van der Waals surface area contributed by atoms with E-state index >= 15 is 0 Å². The maximum absolute atomic E-state index is 12.0. The lowest BCUT2D eigenvalue weighted by Crippen LogP contribution is -2.31. The summed E-state index contributed by atoms with van der Waals surface area (Å²) in [6, 6.07) is 5.99. The van der Waals surface area contributed by atoms with E-state index in [2.05, 4.69) is 12.2 Å². The molecule has 1 atom stereocenters. The third kappa shape index (κ3) is 3.84. The van der Waals surface area contributed by atoms with Crippen LogP contribution >= 0.6 is 0 Å². The van der Waals surface area contributed by atoms with Crippen molar-refractivity contribution < 1.29 is 4.79 Å². The molecule has 0 spiro atoms. The van der Waals surface area contributed by atoms with Gasteiger partial charge in [0.05, 0.1) is 0 Å². The number of benzene rings is 1. The van der Waals surface area contributed by atoms with E-state index in [1.807, 2.05) is 39.0 Å². The third-order valence-electron chi connectivity index (χ3n) is 3.28. The predicted octanol–water partition coefficient (Wildman–Crippen LogP) is 2.87.